The quantitative estimate of drug-likeness (QED) is 0.251. The average Bonchev–Trinajstić information content (AvgIpc) is 1.66. The van der Waals surface area contributed by atoms with Crippen molar-refractivity contribution in [3.05, 3.63) is 11.8 Å². The normalized spacial score (nSPS) is 10.7. The van der Waals surface area contributed by atoms with Crippen LogP contribution in [0.1, 0.15) is 33.1 Å². The van der Waals surface area contributed by atoms with E-state index >= 15 is 0 Å². The van der Waals surface area contributed by atoms with E-state index in [2.05, 4.69) is 6.92 Å². The standard InChI is InChI=1S/C7H14O.Li/c1-3-4-5-6-7(2)8;/h6,8H,3-5H2,1-2H3;/q;+1/p-1/b7-6+;. The first-order chi connectivity index (χ1) is 3.77. The minimum Gasteiger partial charge on any atom is -0.876 e. The largest absolute Gasteiger partial charge is 1.00 e. The molecule has 0 aliphatic rings. The van der Waals surface area contributed by atoms with Gasteiger partial charge in [-0.2, -0.15) is 0 Å². The van der Waals surface area contributed by atoms with E-state index in [0.29, 0.717) is 0 Å². The summed E-state index contributed by atoms with van der Waals surface area (Å²) in [4.78, 5) is 0. The van der Waals surface area contributed by atoms with Gasteiger partial charge in [-0.3, -0.25) is 0 Å². The molecule has 0 saturated carbocycles. The fourth-order valence-corrected chi connectivity index (χ4v) is 0.509. The van der Waals surface area contributed by atoms with Gasteiger partial charge in [0.15, 0.2) is 0 Å². The second-order valence-electron chi connectivity index (χ2n) is 1.96. The number of unbranched alkanes of at least 4 members (excludes halogenated alkanes) is 2. The summed E-state index contributed by atoms with van der Waals surface area (Å²) in [5.41, 5.74) is 0. The van der Waals surface area contributed by atoms with Crippen LogP contribution in [-0.2, 0) is 0 Å². The summed E-state index contributed by atoms with van der Waals surface area (Å²) in [6.45, 7) is 3.71. The van der Waals surface area contributed by atoms with Crippen molar-refractivity contribution < 1.29 is 24.0 Å². The maximum absolute atomic E-state index is 10.3. The smallest absolute Gasteiger partial charge is 0.876 e. The maximum atomic E-state index is 10.3. The van der Waals surface area contributed by atoms with Crippen molar-refractivity contribution in [3.63, 3.8) is 0 Å². The molecule has 0 aliphatic heterocycles. The zero-order valence-electron chi connectivity index (χ0n) is 6.61. The van der Waals surface area contributed by atoms with Crippen molar-refractivity contribution in [1.29, 1.82) is 0 Å². The van der Waals surface area contributed by atoms with Crippen LogP contribution in [-0.4, -0.2) is 0 Å². The molecule has 0 atom stereocenters. The van der Waals surface area contributed by atoms with Gasteiger partial charge in [-0.25, -0.2) is 0 Å². The maximum Gasteiger partial charge on any atom is 1.00 e. The Morgan fingerprint density at radius 1 is 1.56 bits per heavy atom. The van der Waals surface area contributed by atoms with Gasteiger partial charge in [0.05, 0.1) is 0 Å². The third-order valence-corrected chi connectivity index (χ3v) is 0.989. The topological polar surface area (TPSA) is 23.1 Å². The molecule has 2 heteroatoms. The van der Waals surface area contributed by atoms with Crippen molar-refractivity contribution in [2.45, 2.75) is 33.1 Å². The fraction of sp³-hybridized carbons (Fsp3) is 0.714. The second-order valence-corrected chi connectivity index (χ2v) is 1.96. The molecule has 48 valence electrons. The minimum absolute atomic E-state index is 0. The zero-order chi connectivity index (χ0) is 6.41. The Morgan fingerprint density at radius 2 is 2.11 bits per heavy atom. The summed E-state index contributed by atoms with van der Waals surface area (Å²) in [5.74, 6) is 0.193. The van der Waals surface area contributed by atoms with E-state index in [1.54, 1.807) is 13.0 Å². The van der Waals surface area contributed by atoms with Gasteiger partial charge in [0, 0.05) is 0 Å². The van der Waals surface area contributed by atoms with E-state index in [4.69, 9.17) is 0 Å². The van der Waals surface area contributed by atoms with Crippen LogP contribution < -0.4 is 24.0 Å². The minimum atomic E-state index is 0. The van der Waals surface area contributed by atoms with Crippen molar-refractivity contribution in [2.75, 3.05) is 0 Å². The molecule has 0 aromatic heterocycles. The molecule has 0 rings (SSSR count). The summed E-state index contributed by atoms with van der Waals surface area (Å²) in [5, 5.41) is 10.3. The van der Waals surface area contributed by atoms with Gasteiger partial charge in [0.25, 0.3) is 0 Å². The molecule has 9 heavy (non-hydrogen) atoms. The summed E-state index contributed by atoms with van der Waals surface area (Å²) < 4.78 is 0. The van der Waals surface area contributed by atoms with Crippen LogP contribution in [0.2, 0.25) is 0 Å². The van der Waals surface area contributed by atoms with Crippen molar-refractivity contribution in [3.8, 4) is 0 Å². The van der Waals surface area contributed by atoms with Crippen LogP contribution in [0.15, 0.2) is 11.8 Å². The molecule has 0 saturated heterocycles. The first-order valence-electron chi connectivity index (χ1n) is 3.11. The number of hydrogen-bond donors (Lipinski definition) is 0. The molecule has 1 nitrogen and oxygen atoms in total. The fourth-order valence-electron chi connectivity index (χ4n) is 0.509. The second kappa shape index (κ2) is 8.14. The average molecular weight is 120 g/mol. The number of hydrogen-bond acceptors (Lipinski definition) is 1. The molecule has 0 amide bonds. The van der Waals surface area contributed by atoms with Crippen LogP contribution in [0.25, 0.3) is 0 Å². The van der Waals surface area contributed by atoms with Crippen LogP contribution in [0.3, 0.4) is 0 Å². The molecule has 0 aromatic carbocycles. The molecule has 0 heterocycles. The Morgan fingerprint density at radius 3 is 2.44 bits per heavy atom. The van der Waals surface area contributed by atoms with E-state index in [-0.39, 0.29) is 24.6 Å². The molecule has 0 radical (unpaired) electrons. The molecule has 0 aromatic rings. The molecular formula is C7H13LiO. The van der Waals surface area contributed by atoms with Gasteiger partial charge >= 0.3 is 18.9 Å². The Bertz CT molecular complexity index is 75.0. The van der Waals surface area contributed by atoms with Crippen molar-refractivity contribution in [2.24, 2.45) is 0 Å². The summed E-state index contributed by atoms with van der Waals surface area (Å²) in [6.07, 6.45) is 5.00. The van der Waals surface area contributed by atoms with Gasteiger partial charge in [-0.1, -0.05) is 32.8 Å². The van der Waals surface area contributed by atoms with Gasteiger partial charge in [0.1, 0.15) is 0 Å². The van der Waals surface area contributed by atoms with Crippen LogP contribution in [0, 0.1) is 0 Å². The first kappa shape index (κ1) is 11.9. The Kier molecular flexibility index (Phi) is 10.7. The SMILES string of the molecule is CCCC/C=C(\C)[O-].[Li+]. The molecule has 0 aliphatic carbocycles. The molecule has 0 spiro atoms. The monoisotopic (exact) mass is 120 g/mol. The molecule has 0 bridgehead atoms. The van der Waals surface area contributed by atoms with Gasteiger partial charge in [0.2, 0.25) is 0 Å². The summed E-state index contributed by atoms with van der Waals surface area (Å²) >= 11 is 0. The van der Waals surface area contributed by atoms with Crippen molar-refractivity contribution in [1.82, 2.24) is 0 Å². The van der Waals surface area contributed by atoms with E-state index in [1.807, 2.05) is 0 Å². The number of allylic oxidation sites excluding steroid dienone is 2. The van der Waals surface area contributed by atoms with Crippen LogP contribution in [0.4, 0.5) is 0 Å². The van der Waals surface area contributed by atoms with E-state index in [9.17, 15) is 5.11 Å². The first-order valence-corrected chi connectivity index (χ1v) is 3.11. The van der Waals surface area contributed by atoms with Gasteiger partial charge < -0.3 is 5.11 Å². The Hall–Kier alpha value is 0.137. The Balaban J connectivity index is 0. The number of rotatable bonds is 3. The predicted octanol–water partition coefficient (Wildman–Crippen LogP) is -1.56. The van der Waals surface area contributed by atoms with Crippen LogP contribution in [0.5, 0.6) is 0 Å². The van der Waals surface area contributed by atoms with E-state index in [0.717, 1.165) is 12.8 Å². The predicted molar refractivity (Wildman–Crippen MR) is 33.3 cm³/mol. The molecular weight excluding hydrogens is 107 g/mol. The van der Waals surface area contributed by atoms with Gasteiger partial charge in [-0.15, -0.1) is 5.76 Å². The molecule has 0 N–H and O–H groups in total. The third kappa shape index (κ3) is 11.6. The van der Waals surface area contributed by atoms with E-state index in [1.165, 1.54) is 6.42 Å². The van der Waals surface area contributed by atoms with Crippen molar-refractivity contribution >= 4 is 0 Å². The Labute approximate surface area is 69.3 Å². The molecule has 0 fully saturated rings. The van der Waals surface area contributed by atoms with E-state index < -0.39 is 0 Å². The summed E-state index contributed by atoms with van der Waals surface area (Å²) in [7, 11) is 0. The summed E-state index contributed by atoms with van der Waals surface area (Å²) in [6, 6.07) is 0. The third-order valence-electron chi connectivity index (χ3n) is 0.989. The molecule has 0 unspecified atom stereocenters. The van der Waals surface area contributed by atoms with Gasteiger partial charge in [-0.05, 0) is 6.42 Å². The zero-order valence-corrected chi connectivity index (χ0v) is 6.61. The van der Waals surface area contributed by atoms with Crippen LogP contribution >= 0.6 is 0 Å².